The van der Waals surface area contributed by atoms with Gasteiger partial charge in [-0.1, -0.05) is 12.1 Å². The number of benzene rings is 2. The summed E-state index contributed by atoms with van der Waals surface area (Å²) in [5.41, 5.74) is 3.83. The highest BCUT2D eigenvalue weighted by Gasteiger charge is 2.27. The third kappa shape index (κ3) is 3.79. The molecule has 152 valence electrons. The molecule has 2 heterocycles. The summed E-state index contributed by atoms with van der Waals surface area (Å²) in [7, 11) is 1.94. The summed E-state index contributed by atoms with van der Waals surface area (Å²) in [5.74, 6) is 1.04. The molecule has 0 spiro atoms. The number of carbonyl (C=O) groups is 1. The molecule has 5 nitrogen and oxygen atoms in total. The predicted molar refractivity (Wildman–Crippen MR) is 118 cm³/mol. The van der Waals surface area contributed by atoms with Gasteiger partial charge in [0.2, 0.25) is 0 Å². The van der Waals surface area contributed by atoms with E-state index in [0.29, 0.717) is 6.04 Å². The number of likely N-dealkylation sites (tertiary alicyclic amines) is 1. The fraction of sp³-hybridized carbons (Fsp3) is 0.417. The van der Waals surface area contributed by atoms with Crippen molar-refractivity contribution >= 4 is 16.9 Å². The number of hydrogen-bond donors (Lipinski definition) is 0. The normalized spacial score (nSPS) is 17.8. The van der Waals surface area contributed by atoms with E-state index in [0.717, 1.165) is 54.0 Å². The third-order valence-electron chi connectivity index (χ3n) is 6.13. The number of fused-ring (bicyclic) bond motifs is 1. The van der Waals surface area contributed by atoms with Gasteiger partial charge in [-0.2, -0.15) is 0 Å². The minimum absolute atomic E-state index is 0.0966. The summed E-state index contributed by atoms with van der Waals surface area (Å²) in [6.45, 7) is 8.55. The lowest BCUT2D eigenvalue weighted by atomic mass is 10.0. The van der Waals surface area contributed by atoms with Gasteiger partial charge in [0.25, 0.3) is 5.91 Å². The first-order valence-electron chi connectivity index (χ1n) is 10.5. The fourth-order valence-corrected chi connectivity index (χ4v) is 4.36. The van der Waals surface area contributed by atoms with Crippen LogP contribution in [0.1, 0.15) is 42.9 Å². The molecule has 1 aliphatic heterocycles. The van der Waals surface area contributed by atoms with Crippen LogP contribution in [0.4, 0.5) is 0 Å². The monoisotopic (exact) mass is 390 g/mol. The molecular formula is C24H30N4O. The van der Waals surface area contributed by atoms with Crippen molar-refractivity contribution in [3.8, 4) is 5.69 Å². The van der Waals surface area contributed by atoms with Gasteiger partial charge in [0, 0.05) is 36.9 Å². The Hall–Kier alpha value is -2.66. The molecule has 0 bridgehead atoms. The Morgan fingerprint density at radius 2 is 1.86 bits per heavy atom. The maximum atomic E-state index is 13.1. The topological polar surface area (TPSA) is 41.4 Å². The number of imidazole rings is 1. The van der Waals surface area contributed by atoms with Crippen LogP contribution in [0.15, 0.2) is 48.5 Å². The quantitative estimate of drug-likeness (QED) is 0.668. The minimum Gasteiger partial charge on any atom is -0.337 e. The molecule has 2 aromatic carbocycles. The summed E-state index contributed by atoms with van der Waals surface area (Å²) in [4.78, 5) is 22.1. The number of piperidine rings is 1. The van der Waals surface area contributed by atoms with Gasteiger partial charge in [0.05, 0.1) is 11.0 Å². The molecule has 1 amide bonds. The van der Waals surface area contributed by atoms with E-state index in [1.165, 1.54) is 0 Å². The second kappa shape index (κ2) is 7.99. The second-order valence-electron chi connectivity index (χ2n) is 8.33. The maximum absolute atomic E-state index is 13.1. The first-order valence-corrected chi connectivity index (χ1v) is 10.5. The molecule has 1 unspecified atom stereocenters. The standard InChI is InChI=1S/C24H30N4O/c1-17(2)27-15-7-8-21(16-27)26(4)24(29)19-11-13-20(14-12-19)28-18(3)25-22-9-5-6-10-23(22)28/h5-6,9-14,17,21H,7-8,15-16H2,1-4H3. The molecule has 4 rings (SSSR count). The van der Waals surface area contributed by atoms with Crippen molar-refractivity contribution in [3.63, 3.8) is 0 Å². The molecule has 1 saturated heterocycles. The van der Waals surface area contributed by atoms with Crippen LogP contribution in [0.2, 0.25) is 0 Å². The van der Waals surface area contributed by atoms with Crippen molar-refractivity contribution in [2.24, 2.45) is 0 Å². The Morgan fingerprint density at radius 1 is 1.14 bits per heavy atom. The number of para-hydroxylation sites is 2. The molecule has 1 aliphatic rings. The lowest BCUT2D eigenvalue weighted by Crippen LogP contribution is -2.50. The highest BCUT2D eigenvalue weighted by Crippen LogP contribution is 2.23. The fourth-order valence-electron chi connectivity index (χ4n) is 4.36. The lowest BCUT2D eigenvalue weighted by Gasteiger charge is -2.39. The number of amides is 1. The second-order valence-corrected chi connectivity index (χ2v) is 8.33. The molecule has 3 aromatic rings. The molecular weight excluding hydrogens is 360 g/mol. The Kier molecular flexibility index (Phi) is 5.41. The highest BCUT2D eigenvalue weighted by atomic mass is 16.2. The number of nitrogens with zero attached hydrogens (tertiary/aromatic N) is 4. The molecule has 5 heteroatoms. The summed E-state index contributed by atoms with van der Waals surface area (Å²) in [6, 6.07) is 16.8. The van der Waals surface area contributed by atoms with E-state index in [2.05, 4.69) is 34.4 Å². The van der Waals surface area contributed by atoms with Crippen molar-refractivity contribution in [3.05, 3.63) is 59.9 Å². The number of rotatable bonds is 4. The van der Waals surface area contributed by atoms with E-state index < -0.39 is 0 Å². The summed E-state index contributed by atoms with van der Waals surface area (Å²) < 4.78 is 2.13. The predicted octanol–water partition coefficient (Wildman–Crippen LogP) is 4.28. The van der Waals surface area contributed by atoms with Crippen LogP contribution in [0.25, 0.3) is 16.7 Å². The molecule has 0 radical (unpaired) electrons. The lowest BCUT2D eigenvalue weighted by molar-refractivity contribution is 0.0575. The van der Waals surface area contributed by atoms with Gasteiger partial charge in [-0.05, 0) is 76.6 Å². The maximum Gasteiger partial charge on any atom is 0.253 e. The molecule has 29 heavy (non-hydrogen) atoms. The third-order valence-corrected chi connectivity index (χ3v) is 6.13. The van der Waals surface area contributed by atoms with E-state index in [9.17, 15) is 4.79 Å². The van der Waals surface area contributed by atoms with Gasteiger partial charge in [0.15, 0.2) is 0 Å². The molecule has 0 N–H and O–H groups in total. The van der Waals surface area contributed by atoms with E-state index in [1.54, 1.807) is 0 Å². The SMILES string of the molecule is Cc1nc2ccccc2n1-c1ccc(C(=O)N(C)C2CCCN(C(C)C)C2)cc1. The molecule has 1 aromatic heterocycles. The summed E-state index contributed by atoms with van der Waals surface area (Å²) in [5, 5.41) is 0. The molecule has 1 fully saturated rings. The zero-order valence-electron chi connectivity index (χ0n) is 17.8. The van der Waals surface area contributed by atoms with Crippen LogP contribution in [0.3, 0.4) is 0 Å². The zero-order chi connectivity index (χ0) is 20.5. The van der Waals surface area contributed by atoms with Crippen LogP contribution in [-0.2, 0) is 0 Å². The smallest absolute Gasteiger partial charge is 0.253 e. The number of aromatic nitrogens is 2. The van der Waals surface area contributed by atoms with Gasteiger partial charge in [-0.15, -0.1) is 0 Å². The van der Waals surface area contributed by atoms with Gasteiger partial charge in [-0.25, -0.2) is 4.98 Å². The van der Waals surface area contributed by atoms with E-state index in [4.69, 9.17) is 0 Å². The van der Waals surface area contributed by atoms with Crippen LogP contribution < -0.4 is 0 Å². The largest absolute Gasteiger partial charge is 0.337 e. The van der Waals surface area contributed by atoms with E-state index in [1.807, 2.05) is 61.3 Å². The van der Waals surface area contributed by atoms with Crippen molar-refractivity contribution in [2.45, 2.75) is 45.7 Å². The van der Waals surface area contributed by atoms with Crippen molar-refractivity contribution < 1.29 is 4.79 Å². The Labute approximate surface area is 172 Å². The summed E-state index contributed by atoms with van der Waals surface area (Å²) in [6.07, 6.45) is 2.22. The minimum atomic E-state index is 0.0966. The van der Waals surface area contributed by atoms with Crippen molar-refractivity contribution in [2.75, 3.05) is 20.1 Å². The Morgan fingerprint density at radius 3 is 2.59 bits per heavy atom. The van der Waals surface area contributed by atoms with Gasteiger partial charge >= 0.3 is 0 Å². The van der Waals surface area contributed by atoms with Crippen molar-refractivity contribution in [1.29, 1.82) is 0 Å². The average Bonchev–Trinajstić information content (AvgIpc) is 3.08. The summed E-state index contributed by atoms with van der Waals surface area (Å²) >= 11 is 0. The van der Waals surface area contributed by atoms with E-state index >= 15 is 0 Å². The van der Waals surface area contributed by atoms with Gasteiger partial charge in [-0.3, -0.25) is 14.3 Å². The first-order chi connectivity index (χ1) is 14.0. The van der Waals surface area contributed by atoms with Gasteiger partial charge < -0.3 is 4.90 Å². The zero-order valence-corrected chi connectivity index (χ0v) is 17.8. The van der Waals surface area contributed by atoms with Gasteiger partial charge in [0.1, 0.15) is 5.82 Å². The number of carbonyl (C=O) groups excluding carboxylic acids is 1. The van der Waals surface area contributed by atoms with Crippen LogP contribution in [-0.4, -0.2) is 57.5 Å². The van der Waals surface area contributed by atoms with Crippen LogP contribution in [0, 0.1) is 6.92 Å². The van der Waals surface area contributed by atoms with E-state index in [-0.39, 0.29) is 11.9 Å². The van der Waals surface area contributed by atoms with Crippen molar-refractivity contribution in [1.82, 2.24) is 19.4 Å². The first kappa shape index (κ1) is 19.6. The Balaban J connectivity index is 1.54. The highest BCUT2D eigenvalue weighted by molar-refractivity contribution is 5.94. The number of aryl methyl sites for hydroxylation is 1. The molecule has 0 aliphatic carbocycles. The molecule has 1 atom stereocenters. The molecule has 0 saturated carbocycles. The number of likely N-dealkylation sites (N-methyl/N-ethyl adjacent to an activating group) is 1. The Bertz CT molecular complexity index is 1010. The average molecular weight is 391 g/mol. The van der Waals surface area contributed by atoms with Crippen LogP contribution in [0.5, 0.6) is 0 Å². The van der Waals surface area contributed by atoms with Crippen LogP contribution >= 0.6 is 0 Å². The number of hydrogen-bond acceptors (Lipinski definition) is 3.